The molecule has 4 heteroatoms. The summed E-state index contributed by atoms with van der Waals surface area (Å²) < 4.78 is 0. The Bertz CT molecular complexity index is 967. The van der Waals surface area contributed by atoms with Crippen molar-refractivity contribution < 1.29 is 23.3 Å². The minimum Gasteiger partial charge on any atom is -0.165 e. The minimum absolute atomic E-state index is 0.210. The Hall–Kier alpha value is -0.806. The first-order chi connectivity index (χ1) is 15.2. The van der Waals surface area contributed by atoms with Crippen molar-refractivity contribution in [3.05, 3.63) is 89.6 Å². The van der Waals surface area contributed by atoms with Crippen LogP contribution in [-0.4, -0.2) is 21.6 Å². The van der Waals surface area contributed by atoms with Gasteiger partial charge in [-0.1, -0.05) is 65.3 Å². The predicted molar refractivity (Wildman–Crippen MR) is 157 cm³/mol. The molecule has 0 aliphatic rings. The summed E-state index contributed by atoms with van der Waals surface area (Å²) in [6.45, 7) is 23.3. The van der Waals surface area contributed by atoms with Crippen LogP contribution in [-0.2, 0) is 23.3 Å². The third kappa shape index (κ3) is 14.2. The molecule has 4 rings (SSSR count). The van der Waals surface area contributed by atoms with E-state index >= 15 is 0 Å². The van der Waals surface area contributed by atoms with E-state index in [9.17, 15) is 0 Å². The second kappa shape index (κ2) is 13.9. The molecule has 33 heavy (non-hydrogen) atoms. The van der Waals surface area contributed by atoms with Crippen LogP contribution in [0.4, 0.5) is 0 Å². The Morgan fingerprint density at radius 2 is 0.970 bits per heavy atom. The Morgan fingerprint density at radius 1 is 0.667 bits per heavy atom. The normalized spacial score (nSPS) is 10.9. The molecular weight excluding hydrogens is 524 g/mol. The minimum atomic E-state index is -0.856. The summed E-state index contributed by atoms with van der Waals surface area (Å²) in [7, 11) is -1.71. The molecule has 0 nitrogen and oxygen atoms in total. The summed E-state index contributed by atoms with van der Waals surface area (Å²) in [5.74, 6) is 0. The average molecular weight is 567 g/mol. The molecule has 0 aromatic heterocycles. The molecule has 0 spiro atoms. The van der Waals surface area contributed by atoms with Gasteiger partial charge in [-0.25, -0.2) is 0 Å². The van der Waals surface area contributed by atoms with Crippen LogP contribution >= 0.6 is 0 Å². The fourth-order valence-corrected chi connectivity index (χ4v) is 14.3. The van der Waals surface area contributed by atoms with Crippen LogP contribution in [0.1, 0.15) is 11.1 Å². The van der Waals surface area contributed by atoms with Crippen LogP contribution in [0.15, 0.2) is 72.8 Å². The fraction of sp³-hybridized carbons (Fsp3) is 0.345. The van der Waals surface area contributed by atoms with Gasteiger partial charge in [0, 0.05) is 0 Å². The van der Waals surface area contributed by atoms with Gasteiger partial charge in [-0.3, -0.25) is 0 Å². The summed E-state index contributed by atoms with van der Waals surface area (Å²) in [6.07, 6.45) is 0. The summed E-state index contributed by atoms with van der Waals surface area (Å²) in [5.41, 5.74) is 5.56. The van der Waals surface area contributed by atoms with E-state index in [0.717, 1.165) is 0 Å². The van der Waals surface area contributed by atoms with Crippen LogP contribution in [0.5, 0.6) is 0 Å². The van der Waals surface area contributed by atoms with E-state index in [1.807, 2.05) is 0 Å². The predicted octanol–water partition coefficient (Wildman–Crippen LogP) is 9.46. The van der Waals surface area contributed by atoms with Crippen molar-refractivity contribution in [2.75, 3.05) is 0 Å². The number of rotatable bonds is 2. The SMILES string of the molecule is C[Si](C)(C)[CH-][Si](C)(C)C.C[Si](C)=[Zr].Cc1cc2ccccc2[cH-]1.Cc1cc2ccccc2[cH-]1. The van der Waals surface area contributed by atoms with E-state index in [4.69, 9.17) is 0 Å². The molecule has 0 fully saturated rings. The van der Waals surface area contributed by atoms with Gasteiger partial charge in [0.25, 0.3) is 0 Å². The van der Waals surface area contributed by atoms with Crippen LogP contribution < -0.4 is 0 Å². The van der Waals surface area contributed by atoms with E-state index in [0.29, 0.717) is 0 Å². The average Bonchev–Trinajstić information content (AvgIpc) is 3.19. The molecule has 0 N–H and O–H groups in total. The Balaban J connectivity index is 0.000000230. The van der Waals surface area contributed by atoms with E-state index in [1.165, 1.54) is 32.7 Å². The Kier molecular flexibility index (Phi) is 12.8. The zero-order valence-electron chi connectivity index (χ0n) is 22.5. The molecule has 0 unspecified atom stereocenters. The summed E-state index contributed by atoms with van der Waals surface area (Å²) >= 11 is 1.74. The largest absolute Gasteiger partial charge is 0.165 e. The van der Waals surface area contributed by atoms with Crippen LogP contribution in [0.3, 0.4) is 0 Å². The first-order valence-electron chi connectivity index (χ1n) is 11.8. The molecule has 0 amide bonds. The molecular formula is C29H43Si3Zr-3. The first-order valence-corrected chi connectivity index (χ1v) is 25.1. The second-order valence-electron chi connectivity index (χ2n) is 11.2. The Morgan fingerprint density at radius 3 is 1.21 bits per heavy atom. The maximum Gasteiger partial charge on any atom is -0.0579 e. The molecule has 4 aromatic rings. The standard InChI is InChI=1S/2C10H9.C7H19Si2.C2H6Si.Zr/c2*1-8-6-9-4-2-3-5-10(9)7-8;1-8(2,3)7-9(4,5)6;1-3-2;/h2*2-7H,1H3;7H,1-6H3;1-2H3;/q3*-1;;. The van der Waals surface area contributed by atoms with Gasteiger partial charge in [0.2, 0.25) is 0 Å². The number of hydrogen-bond donors (Lipinski definition) is 0. The molecule has 0 aliphatic heterocycles. The van der Waals surface area contributed by atoms with E-state index in [-0.39, 0.29) is 5.43 Å². The van der Waals surface area contributed by atoms with Gasteiger partial charge in [-0.05, 0) is 0 Å². The zero-order chi connectivity index (χ0) is 25.2. The molecule has 0 atom stereocenters. The zero-order valence-corrected chi connectivity index (χ0v) is 28.0. The molecule has 0 saturated heterocycles. The molecule has 0 radical (unpaired) electrons. The van der Waals surface area contributed by atoms with Gasteiger partial charge >= 0.3 is 41.9 Å². The van der Waals surface area contributed by atoms with Gasteiger partial charge in [-0.15, -0.1) is 97.4 Å². The summed E-state index contributed by atoms with van der Waals surface area (Å²) in [5, 5.41) is 5.39. The first kappa shape index (κ1) is 30.2. The molecule has 0 saturated carbocycles. The monoisotopic (exact) mass is 565 g/mol. The van der Waals surface area contributed by atoms with Crippen molar-refractivity contribution in [3.63, 3.8) is 0 Å². The van der Waals surface area contributed by atoms with E-state index in [2.05, 4.69) is 145 Å². The van der Waals surface area contributed by atoms with Crippen molar-refractivity contribution >= 4 is 43.1 Å². The summed E-state index contributed by atoms with van der Waals surface area (Å²) in [6, 6.07) is 25.7. The van der Waals surface area contributed by atoms with Gasteiger partial charge in [0.1, 0.15) is 0 Å². The van der Waals surface area contributed by atoms with Crippen molar-refractivity contribution in [2.45, 2.75) is 66.2 Å². The molecule has 4 aromatic carbocycles. The molecule has 178 valence electrons. The number of hydrogen-bond acceptors (Lipinski definition) is 0. The molecule has 0 bridgehead atoms. The van der Waals surface area contributed by atoms with Gasteiger partial charge < -0.3 is 5.67 Å². The number of benzene rings is 2. The van der Waals surface area contributed by atoms with Crippen molar-refractivity contribution in [2.24, 2.45) is 0 Å². The topological polar surface area (TPSA) is 0 Å². The van der Waals surface area contributed by atoms with Crippen LogP contribution in [0.25, 0.3) is 21.5 Å². The third-order valence-corrected chi connectivity index (χ3v) is 11.3. The summed E-state index contributed by atoms with van der Waals surface area (Å²) in [4.78, 5) is 0. The van der Waals surface area contributed by atoms with Crippen molar-refractivity contribution in [1.29, 1.82) is 0 Å². The fourth-order valence-electron chi connectivity index (χ4n) is 3.91. The van der Waals surface area contributed by atoms with Crippen molar-refractivity contribution in [3.8, 4) is 0 Å². The number of aryl methyl sites for hydroxylation is 2. The van der Waals surface area contributed by atoms with Crippen LogP contribution in [0, 0.1) is 19.5 Å². The maximum absolute atomic E-state index is 2.65. The van der Waals surface area contributed by atoms with Gasteiger partial charge in [-0.2, -0.15) is 12.1 Å². The molecule has 0 heterocycles. The number of fused-ring (bicyclic) bond motifs is 2. The molecule has 0 aliphatic carbocycles. The Labute approximate surface area is 220 Å². The second-order valence-corrected chi connectivity index (χ2v) is 31.2. The third-order valence-electron chi connectivity index (χ3n) is 4.39. The van der Waals surface area contributed by atoms with Gasteiger partial charge in [0.05, 0.1) is 0 Å². The van der Waals surface area contributed by atoms with E-state index in [1.54, 1.807) is 23.3 Å². The quantitative estimate of drug-likeness (QED) is 0.167. The van der Waals surface area contributed by atoms with E-state index < -0.39 is 16.1 Å². The van der Waals surface area contributed by atoms with Crippen molar-refractivity contribution in [1.82, 2.24) is 0 Å². The maximum atomic E-state index is 2.65. The van der Waals surface area contributed by atoms with Gasteiger partial charge in [0.15, 0.2) is 0 Å². The van der Waals surface area contributed by atoms with Crippen LogP contribution in [0.2, 0.25) is 52.4 Å². The smallest absolute Gasteiger partial charge is 0.0579 e.